The van der Waals surface area contributed by atoms with E-state index in [4.69, 9.17) is 0 Å². The summed E-state index contributed by atoms with van der Waals surface area (Å²) >= 11 is 0. The standard InChI is InChI=1S/C24H31FN2O2/c1-4-5-16-26-24(29)19(3)27(17-21-10-13-22(25)14-11-21)23(28)15-12-20-8-6-18(2)7-9-20/h6-11,13-14,19H,4-5,12,15-17H2,1-3H3,(H,26,29). The molecule has 0 saturated heterocycles. The molecule has 4 nitrogen and oxygen atoms in total. The van der Waals surface area contributed by atoms with Crippen LogP contribution in [0.5, 0.6) is 0 Å². The minimum atomic E-state index is -0.595. The molecule has 5 heteroatoms. The first kappa shape index (κ1) is 22.6. The maximum Gasteiger partial charge on any atom is 0.242 e. The Labute approximate surface area is 173 Å². The van der Waals surface area contributed by atoms with Gasteiger partial charge >= 0.3 is 0 Å². The van der Waals surface area contributed by atoms with Gasteiger partial charge in [0, 0.05) is 19.5 Å². The van der Waals surface area contributed by atoms with Crippen LogP contribution in [0.1, 0.15) is 49.8 Å². The number of nitrogens with one attached hydrogen (secondary N) is 1. The molecule has 0 aromatic heterocycles. The van der Waals surface area contributed by atoms with E-state index in [1.165, 1.54) is 17.7 Å². The fraction of sp³-hybridized carbons (Fsp3) is 0.417. The normalized spacial score (nSPS) is 11.7. The van der Waals surface area contributed by atoms with E-state index in [1.54, 1.807) is 24.0 Å². The van der Waals surface area contributed by atoms with Crippen LogP contribution in [0.15, 0.2) is 48.5 Å². The van der Waals surface area contributed by atoms with Crippen molar-refractivity contribution in [3.05, 3.63) is 71.0 Å². The van der Waals surface area contributed by atoms with Gasteiger partial charge < -0.3 is 10.2 Å². The number of hydrogen-bond acceptors (Lipinski definition) is 2. The Hall–Kier alpha value is -2.69. The summed E-state index contributed by atoms with van der Waals surface area (Å²) in [4.78, 5) is 27.1. The minimum Gasteiger partial charge on any atom is -0.354 e. The Bertz CT molecular complexity index is 788. The van der Waals surface area contributed by atoms with Crippen LogP contribution in [-0.4, -0.2) is 29.3 Å². The van der Waals surface area contributed by atoms with Gasteiger partial charge in [0.1, 0.15) is 11.9 Å². The zero-order valence-corrected chi connectivity index (χ0v) is 17.6. The fourth-order valence-corrected chi connectivity index (χ4v) is 3.05. The third-order valence-electron chi connectivity index (χ3n) is 5.01. The summed E-state index contributed by atoms with van der Waals surface area (Å²) in [7, 11) is 0. The molecule has 0 heterocycles. The molecule has 0 radical (unpaired) electrons. The quantitative estimate of drug-likeness (QED) is 0.603. The first-order valence-electron chi connectivity index (χ1n) is 10.3. The Morgan fingerprint density at radius 3 is 2.28 bits per heavy atom. The van der Waals surface area contributed by atoms with Gasteiger partial charge in [-0.15, -0.1) is 0 Å². The highest BCUT2D eigenvalue weighted by Gasteiger charge is 2.25. The Morgan fingerprint density at radius 2 is 1.66 bits per heavy atom. The predicted octanol–water partition coefficient (Wildman–Crippen LogP) is 4.40. The number of aryl methyl sites for hydroxylation is 2. The Morgan fingerprint density at radius 1 is 1.03 bits per heavy atom. The first-order valence-corrected chi connectivity index (χ1v) is 10.3. The lowest BCUT2D eigenvalue weighted by atomic mass is 10.1. The number of rotatable bonds is 10. The van der Waals surface area contributed by atoms with Crippen LogP contribution in [-0.2, 0) is 22.6 Å². The van der Waals surface area contributed by atoms with Crippen LogP contribution in [0.3, 0.4) is 0 Å². The van der Waals surface area contributed by atoms with Crippen molar-refractivity contribution < 1.29 is 14.0 Å². The number of hydrogen-bond donors (Lipinski definition) is 1. The number of unbranched alkanes of at least 4 members (excludes halogenated alkanes) is 1. The van der Waals surface area contributed by atoms with Gasteiger partial charge in [-0.3, -0.25) is 9.59 Å². The molecule has 0 bridgehead atoms. The average molecular weight is 399 g/mol. The van der Waals surface area contributed by atoms with Gasteiger partial charge in [0.2, 0.25) is 11.8 Å². The van der Waals surface area contributed by atoms with Gasteiger partial charge in [-0.25, -0.2) is 4.39 Å². The van der Waals surface area contributed by atoms with E-state index < -0.39 is 6.04 Å². The molecule has 0 aliphatic heterocycles. The Balaban J connectivity index is 2.08. The summed E-state index contributed by atoms with van der Waals surface area (Å²) in [6.45, 7) is 6.70. The van der Waals surface area contributed by atoms with Crippen molar-refractivity contribution in [2.75, 3.05) is 6.54 Å². The Kier molecular flexibility index (Phi) is 8.84. The van der Waals surface area contributed by atoms with Gasteiger partial charge in [-0.05, 0) is 49.9 Å². The van der Waals surface area contributed by atoms with Crippen molar-refractivity contribution >= 4 is 11.8 Å². The molecule has 156 valence electrons. The second-order valence-electron chi connectivity index (χ2n) is 7.45. The zero-order chi connectivity index (χ0) is 21.2. The molecule has 0 saturated carbocycles. The molecule has 0 aliphatic carbocycles. The molecule has 2 amide bonds. The largest absolute Gasteiger partial charge is 0.354 e. The van der Waals surface area contributed by atoms with Crippen molar-refractivity contribution in [2.45, 2.75) is 59.0 Å². The smallest absolute Gasteiger partial charge is 0.242 e. The third-order valence-corrected chi connectivity index (χ3v) is 5.01. The summed E-state index contributed by atoms with van der Waals surface area (Å²) in [5, 5.41) is 2.90. The lowest BCUT2D eigenvalue weighted by Crippen LogP contribution is -2.47. The maximum absolute atomic E-state index is 13.2. The zero-order valence-electron chi connectivity index (χ0n) is 17.6. The number of carbonyl (C=O) groups excluding carboxylic acids is 2. The summed E-state index contributed by atoms with van der Waals surface area (Å²) in [5.41, 5.74) is 3.06. The van der Waals surface area contributed by atoms with E-state index in [2.05, 4.69) is 12.2 Å². The van der Waals surface area contributed by atoms with Crippen molar-refractivity contribution in [1.82, 2.24) is 10.2 Å². The number of halogens is 1. The number of benzene rings is 2. The van der Waals surface area contributed by atoms with Gasteiger partial charge in [0.25, 0.3) is 0 Å². The van der Waals surface area contributed by atoms with Gasteiger partial charge in [0.15, 0.2) is 0 Å². The van der Waals surface area contributed by atoms with E-state index in [-0.39, 0.29) is 24.2 Å². The van der Waals surface area contributed by atoms with E-state index in [1.807, 2.05) is 31.2 Å². The van der Waals surface area contributed by atoms with Crippen LogP contribution in [0.2, 0.25) is 0 Å². The average Bonchev–Trinajstić information content (AvgIpc) is 2.72. The number of nitrogens with zero attached hydrogens (tertiary/aromatic N) is 1. The molecule has 1 N–H and O–H groups in total. The third kappa shape index (κ3) is 7.33. The topological polar surface area (TPSA) is 49.4 Å². The molecule has 0 spiro atoms. The summed E-state index contributed by atoms with van der Waals surface area (Å²) < 4.78 is 13.2. The van der Waals surface area contributed by atoms with Crippen molar-refractivity contribution in [3.63, 3.8) is 0 Å². The van der Waals surface area contributed by atoms with Crippen molar-refractivity contribution in [3.8, 4) is 0 Å². The fourth-order valence-electron chi connectivity index (χ4n) is 3.05. The summed E-state index contributed by atoms with van der Waals surface area (Å²) in [6.07, 6.45) is 2.82. The maximum atomic E-state index is 13.2. The van der Waals surface area contributed by atoms with Crippen LogP contribution in [0.25, 0.3) is 0 Å². The van der Waals surface area contributed by atoms with Gasteiger partial charge in [0.05, 0.1) is 0 Å². The van der Waals surface area contributed by atoms with Crippen LogP contribution < -0.4 is 5.32 Å². The van der Waals surface area contributed by atoms with E-state index in [0.29, 0.717) is 19.4 Å². The molecule has 2 aromatic rings. The second-order valence-corrected chi connectivity index (χ2v) is 7.45. The lowest BCUT2D eigenvalue weighted by Gasteiger charge is -2.29. The first-order chi connectivity index (χ1) is 13.9. The molecule has 2 rings (SSSR count). The molecule has 0 aliphatic rings. The highest BCUT2D eigenvalue weighted by molar-refractivity contribution is 5.87. The van der Waals surface area contributed by atoms with E-state index >= 15 is 0 Å². The van der Waals surface area contributed by atoms with Crippen LogP contribution >= 0.6 is 0 Å². The highest BCUT2D eigenvalue weighted by Crippen LogP contribution is 2.14. The van der Waals surface area contributed by atoms with Crippen molar-refractivity contribution in [2.24, 2.45) is 0 Å². The monoisotopic (exact) mass is 398 g/mol. The van der Waals surface area contributed by atoms with Gasteiger partial charge in [-0.1, -0.05) is 55.3 Å². The molecule has 1 atom stereocenters. The number of amides is 2. The predicted molar refractivity (Wildman–Crippen MR) is 114 cm³/mol. The summed E-state index contributed by atoms with van der Waals surface area (Å²) in [6, 6.07) is 13.5. The molecule has 1 unspecified atom stereocenters. The SMILES string of the molecule is CCCCNC(=O)C(C)N(Cc1ccc(F)cc1)C(=O)CCc1ccc(C)cc1. The molecule has 0 fully saturated rings. The van der Waals surface area contributed by atoms with E-state index in [9.17, 15) is 14.0 Å². The minimum absolute atomic E-state index is 0.0898. The van der Waals surface area contributed by atoms with Gasteiger partial charge in [-0.2, -0.15) is 0 Å². The molecular formula is C24H31FN2O2. The number of carbonyl (C=O) groups is 2. The summed E-state index contributed by atoms with van der Waals surface area (Å²) in [5.74, 6) is -0.575. The molecular weight excluding hydrogens is 367 g/mol. The second kappa shape index (κ2) is 11.3. The molecule has 2 aromatic carbocycles. The van der Waals surface area contributed by atoms with Crippen LogP contribution in [0.4, 0.5) is 4.39 Å². The van der Waals surface area contributed by atoms with Crippen molar-refractivity contribution in [1.29, 1.82) is 0 Å². The van der Waals surface area contributed by atoms with Crippen LogP contribution in [0, 0.1) is 12.7 Å². The molecule has 29 heavy (non-hydrogen) atoms. The lowest BCUT2D eigenvalue weighted by molar-refractivity contribution is -0.140. The highest BCUT2D eigenvalue weighted by atomic mass is 19.1. The van der Waals surface area contributed by atoms with E-state index in [0.717, 1.165) is 24.0 Å².